The van der Waals surface area contributed by atoms with Crippen molar-refractivity contribution in [3.8, 4) is 5.69 Å². The number of nitrogens with zero attached hydrogens (tertiary/aromatic N) is 4. The van der Waals surface area contributed by atoms with E-state index < -0.39 is 0 Å². The molecule has 1 amide bonds. The van der Waals surface area contributed by atoms with Gasteiger partial charge in [0.05, 0.1) is 18.4 Å². The van der Waals surface area contributed by atoms with Crippen molar-refractivity contribution in [2.75, 3.05) is 39.3 Å². The van der Waals surface area contributed by atoms with E-state index in [9.17, 15) is 4.79 Å². The number of hydrogen-bond acceptors (Lipinski definition) is 4. The first-order valence-corrected chi connectivity index (χ1v) is 9.02. The number of carbonyl (C=O) groups is 1. The zero-order chi connectivity index (χ0) is 17.6. The number of piperazine rings is 1. The summed E-state index contributed by atoms with van der Waals surface area (Å²) in [6, 6.07) is 7.67. The summed E-state index contributed by atoms with van der Waals surface area (Å²) in [5, 5.41) is 7.99. The van der Waals surface area contributed by atoms with Gasteiger partial charge in [-0.3, -0.25) is 14.6 Å². The fraction of sp³-hybridized carbons (Fsp3) is 0.444. The van der Waals surface area contributed by atoms with Crippen LogP contribution in [0.4, 0.5) is 0 Å². The molecule has 7 heteroatoms. The van der Waals surface area contributed by atoms with Crippen LogP contribution < -0.4 is 5.32 Å². The molecule has 0 atom stereocenters. The van der Waals surface area contributed by atoms with Crippen molar-refractivity contribution >= 4 is 17.5 Å². The molecule has 1 aromatic carbocycles. The number of aromatic nitrogens is 2. The van der Waals surface area contributed by atoms with Crippen molar-refractivity contribution in [1.29, 1.82) is 0 Å². The summed E-state index contributed by atoms with van der Waals surface area (Å²) in [6.07, 6.45) is 3.95. The molecule has 134 valence electrons. The highest BCUT2D eigenvalue weighted by molar-refractivity contribution is 6.30. The number of nitrogens with one attached hydrogen (secondary N) is 1. The van der Waals surface area contributed by atoms with Crippen molar-refractivity contribution in [2.24, 2.45) is 0 Å². The van der Waals surface area contributed by atoms with Gasteiger partial charge in [0.2, 0.25) is 5.91 Å². The lowest BCUT2D eigenvalue weighted by Gasteiger charge is -2.34. The van der Waals surface area contributed by atoms with Gasteiger partial charge in [0.25, 0.3) is 0 Å². The molecule has 0 unspecified atom stereocenters. The minimum atomic E-state index is 0.110. The van der Waals surface area contributed by atoms with Crippen LogP contribution in [0.25, 0.3) is 5.69 Å². The van der Waals surface area contributed by atoms with Crippen LogP contribution in [0.2, 0.25) is 5.02 Å². The minimum absolute atomic E-state index is 0.110. The fourth-order valence-electron chi connectivity index (χ4n) is 3.02. The van der Waals surface area contributed by atoms with Gasteiger partial charge in [-0.15, -0.1) is 0 Å². The van der Waals surface area contributed by atoms with Crippen molar-refractivity contribution in [3.05, 3.63) is 47.2 Å². The first kappa shape index (κ1) is 17.9. The molecule has 25 heavy (non-hydrogen) atoms. The molecule has 1 aliphatic rings. The first-order chi connectivity index (χ1) is 12.1. The Labute approximate surface area is 153 Å². The van der Waals surface area contributed by atoms with Gasteiger partial charge < -0.3 is 5.32 Å². The summed E-state index contributed by atoms with van der Waals surface area (Å²) in [6.45, 7) is 7.75. The van der Waals surface area contributed by atoms with Gasteiger partial charge in [-0.2, -0.15) is 5.10 Å². The molecule has 0 saturated carbocycles. The molecular formula is C18H24ClN5O. The van der Waals surface area contributed by atoms with E-state index in [1.165, 1.54) is 5.56 Å². The summed E-state index contributed by atoms with van der Waals surface area (Å²) in [4.78, 5) is 16.3. The molecule has 0 radical (unpaired) electrons. The number of carbonyl (C=O) groups excluding carboxylic acids is 1. The normalized spacial score (nSPS) is 16.1. The van der Waals surface area contributed by atoms with Crippen molar-refractivity contribution in [2.45, 2.75) is 13.5 Å². The van der Waals surface area contributed by atoms with Crippen LogP contribution in [-0.2, 0) is 11.3 Å². The Kier molecular flexibility index (Phi) is 6.07. The lowest BCUT2D eigenvalue weighted by molar-refractivity contribution is -0.122. The number of hydrogen-bond donors (Lipinski definition) is 1. The molecule has 1 N–H and O–H groups in total. The molecule has 1 saturated heterocycles. The third kappa shape index (κ3) is 5.04. The first-order valence-electron chi connectivity index (χ1n) is 8.65. The Morgan fingerprint density at radius 1 is 1.24 bits per heavy atom. The van der Waals surface area contributed by atoms with Crippen LogP contribution in [-0.4, -0.2) is 64.8 Å². The monoisotopic (exact) mass is 361 g/mol. The van der Waals surface area contributed by atoms with Gasteiger partial charge in [-0.05, 0) is 25.1 Å². The Balaban J connectivity index is 1.50. The van der Waals surface area contributed by atoms with Gasteiger partial charge in [-0.1, -0.05) is 17.7 Å². The SMILES string of the molecule is CCNC(=O)CN1CCN(Cc2cnn(-c3cccc(Cl)c3)c2)CC1. The van der Waals surface area contributed by atoms with Gasteiger partial charge in [0.15, 0.2) is 0 Å². The predicted octanol–water partition coefficient (Wildman–Crippen LogP) is 1.78. The third-order valence-electron chi connectivity index (χ3n) is 4.32. The topological polar surface area (TPSA) is 53.4 Å². The highest BCUT2D eigenvalue weighted by Crippen LogP contribution is 2.15. The number of likely N-dealkylation sites (N-methyl/N-ethyl adjacent to an activating group) is 1. The van der Waals surface area contributed by atoms with E-state index in [0.29, 0.717) is 18.1 Å². The Morgan fingerprint density at radius 2 is 2.00 bits per heavy atom. The molecular weight excluding hydrogens is 338 g/mol. The maximum absolute atomic E-state index is 11.7. The Bertz CT molecular complexity index is 709. The van der Waals surface area contributed by atoms with Crippen molar-refractivity contribution in [3.63, 3.8) is 0 Å². The maximum Gasteiger partial charge on any atom is 0.234 e. The zero-order valence-electron chi connectivity index (χ0n) is 14.5. The molecule has 1 fully saturated rings. The number of halogens is 1. The Hall–Kier alpha value is -1.89. The highest BCUT2D eigenvalue weighted by atomic mass is 35.5. The van der Waals surface area contributed by atoms with E-state index in [-0.39, 0.29) is 5.91 Å². The van der Waals surface area contributed by atoms with Crippen LogP contribution in [0.1, 0.15) is 12.5 Å². The van der Waals surface area contributed by atoms with Crippen molar-refractivity contribution in [1.82, 2.24) is 24.9 Å². The largest absolute Gasteiger partial charge is 0.355 e. The van der Waals surface area contributed by atoms with E-state index in [0.717, 1.165) is 38.4 Å². The summed E-state index contributed by atoms with van der Waals surface area (Å²) in [5.74, 6) is 0.110. The molecule has 1 aliphatic heterocycles. The molecule has 0 bridgehead atoms. The standard InChI is InChI=1S/C18H24ClN5O/c1-2-20-18(25)14-23-8-6-22(7-9-23)12-15-11-21-24(13-15)17-5-3-4-16(19)10-17/h3-5,10-11,13H,2,6-9,12,14H2,1H3,(H,20,25). The lowest BCUT2D eigenvalue weighted by atomic mass is 10.2. The summed E-state index contributed by atoms with van der Waals surface area (Å²) in [7, 11) is 0. The number of amides is 1. The van der Waals surface area contributed by atoms with E-state index in [1.807, 2.05) is 48.3 Å². The minimum Gasteiger partial charge on any atom is -0.355 e. The molecule has 0 aliphatic carbocycles. The number of benzene rings is 1. The van der Waals surface area contributed by atoms with Gasteiger partial charge in [-0.25, -0.2) is 4.68 Å². The molecule has 0 spiro atoms. The smallest absolute Gasteiger partial charge is 0.234 e. The van der Waals surface area contributed by atoms with E-state index in [4.69, 9.17) is 11.6 Å². The average molecular weight is 362 g/mol. The van der Waals surface area contributed by atoms with Gasteiger partial charge in [0, 0.05) is 56.1 Å². The third-order valence-corrected chi connectivity index (χ3v) is 4.56. The van der Waals surface area contributed by atoms with Crippen LogP contribution in [0, 0.1) is 0 Å². The summed E-state index contributed by atoms with van der Waals surface area (Å²) in [5.41, 5.74) is 2.14. The second kappa shape index (κ2) is 8.47. The highest BCUT2D eigenvalue weighted by Gasteiger charge is 2.19. The van der Waals surface area contributed by atoms with Crippen LogP contribution >= 0.6 is 11.6 Å². The zero-order valence-corrected chi connectivity index (χ0v) is 15.2. The van der Waals surface area contributed by atoms with Crippen LogP contribution in [0.15, 0.2) is 36.7 Å². The molecule has 2 aromatic rings. The van der Waals surface area contributed by atoms with Gasteiger partial charge in [0.1, 0.15) is 0 Å². The molecule has 6 nitrogen and oxygen atoms in total. The van der Waals surface area contributed by atoms with E-state index in [2.05, 4.69) is 20.2 Å². The number of rotatable bonds is 6. The van der Waals surface area contributed by atoms with Crippen molar-refractivity contribution < 1.29 is 4.79 Å². The quantitative estimate of drug-likeness (QED) is 0.852. The molecule has 1 aromatic heterocycles. The van der Waals surface area contributed by atoms with E-state index >= 15 is 0 Å². The van der Waals surface area contributed by atoms with Crippen LogP contribution in [0.3, 0.4) is 0 Å². The van der Waals surface area contributed by atoms with Crippen LogP contribution in [0.5, 0.6) is 0 Å². The fourth-order valence-corrected chi connectivity index (χ4v) is 3.21. The summed E-state index contributed by atoms with van der Waals surface area (Å²) < 4.78 is 1.85. The Morgan fingerprint density at radius 3 is 2.72 bits per heavy atom. The van der Waals surface area contributed by atoms with Gasteiger partial charge >= 0.3 is 0 Å². The molecule has 2 heterocycles. The van der Waals surface area contributed by atoms with E-state index in [1.54, 1.807) is 0 Å². The predicted molar refractivity (Wildman–Crippen MR) is 99.0 cm³/mol. The second-order valence-corrected chi connectivity index (χ2v) is 6.72. The maximum atomic E-state index is 11.7. The molecule has 3 rings (SSSR count). The summed E-state index contributed by atoms with van der Waals surface area (Å²) >= 11 is 6.04. The lowest BCUT2D eigenvalue weighted by Crippen LogP contribution is -2.49. The average Bonchev–Trinajstić information content (AvgIpc) is 3.05. The second-order valence-electron chi connectivity index (χ2n) is 6.28.